The van der Waals surface area contributed by atoms with Crippen molar-refractivity contribution in [1.82, 2.24) is 10.2 Å². The Labute approximate surface area is 89.1 Å². The maximum Gasteiger partial charge on any atom is 0.410 e. The van der Waals surface area contributed by atoms with Gasteiger partial charge < -0.3 is 15.0 Å². The van der Waals surface area contributed by atoms with Crippen LogP contribution in [0.15, 0.2) is 12.2 Å². The number of nitrogens with one attached hydrogen (secondary N) is 1. The molecule has 0 aromatic rings. The van der Waals surface area contributed by atoms with Crippen LogP contribution in [0.4, 0.5) is 4.79 Å². The smallest absolute Gasteiger partial charge is 0.410 e. The molecule has 1 fully saturated rings. The predicted molar refractivity (Wildman–Crippen MR) is 55.3 cm³/mol. The second-order valence-electron chi connectivity index (χ2n) is 3.42. The van der Waals surface area contributed by atoms with Crippen molar-refractivity contribution in [3.05, 3.63) is 12.2 Å². The number of nitrogens with zero attached hydrogens (tertiary/aromatic N) is 1. The van der Waals surface area contributed by atoms with Crippen molar-refractivity contribution < 1.29 is 14.3 Å². The molecular formula is C10H16N2O3. The lowest BCUT2D eigenvalue weighted by atomic mass is 10.3. The van der Waals surface area contributed by atoms with Crippen LogP contribution in [0.5, 0.6) is 0 Å². The molecule has 1 aliphatic heterocycles. The first-order chi connectivity index (χ1) is 7.13. The average molecular weight is 212 g/mol. The molecule has 15 heavy (non-hydrogen) atoms. The molecule has 84 valence electrons. The molecule has 0 aromatic carbocycles. The van der Waals surface area contributed by atoms with E-state index >= 15 is 0 Å². The minimum Gasteiger partial charge on any atom is -0.442 e. The Balaban J connectivity index is 2.34. The van der Waals surface area contributed by atoms with E-state index in [0.29, 0.717) is 19.6 Å². The molecule has 1 saturated heterocycles. The zero-order valence-electron chi connectivity index (χ0n) is 9.03. The van der Waals surface area contributed by atoms with Crippen molar-refractivity contribution in [3.8, 4) is 0 Å². The highest BCUT2D eigenvalue weighted by atomic mass is 16.6. The number of hydrogen-bond acceptors (Lipinski definition) is 3. The first kappa shape index (κ1) is 11.6. The standard InChI is InChI=1S/C10H16N2O3/c1-3-4-5-12-7-9(15-10(12)14)6-11-8(2)13/h3-4,9H,5-7H2,1-2H3,(H,11,13)/b4-3-. The Morgan fingerprint density at radius 1 is 1.73 bits per heavy atom. The van der Waals surface area contributed by atoms with Crippen molar-refractivity contribution in [3.63, 3.8) is 0 Å². The van der Waals surface area contributed by atoms with Gasteiger partial charge in [-0.2, -0.15) is 0 Å². The molecule has 0 spiro atoms. The highest BCUT2D eigenvalue weighted by molar-refractivity contribution is 5.73. The highest BCUT2D eigenvalue weighted by Gasteiger charge is 2.30. The Morgan fingerprint density at radius 2 is 2.47 bits per heavy atom. The second kappa shape index (κ2) is 5.38. The number of allylic oxidation sites excluding steroid dienone is 1. The Kier molecular flexibility index (Phi) is 4.15. The Morgan fingerprint density at radius 3 is 3.07 bits per heavy atom. The molecule has 5 heteroatoms. The number of cyclic esters (lactones) is 1. The van der Waals surface area contributed by atoms with Crippen LogP contribution < -0.4 is 5.32 Å². The lowest BCUT2D eigenvalue weighted by molar-refractivity contribution is -0.119. The van der Waals surface area contributed by atoms with Crippen molar-refractivity contribution in [1.29, 1.82) is 0 Å². The molecule has 1 rings (SSSR count). The van der Waals surface area contributed by atoms with Crippen molar-refractivity contribution >= 4 is 12.0 Å². The fourth-order valence-corrected chi connectivity index (χ4v) is 1.32. The van der Waals surface area contributed by atoms with Gasteiger partial charge in [-0.3, -0.25) is 4.79 Å². The summed E-state index contributed by atoms with van der Waals surface area (Å²) in [7, 11) is 0. The van der Waals surface area contributed by atoms with E-state index < -0.39 is 0 Å². The van der Waals surface area contributed by atoms with E-state index in [1.54, 1.807) is 4.90 Å². The van der Waals surface area contributed by atoms with Crippen LogP contribution in [0.25, 0.3) is 0 Å². The molecule has 0 aromatic heterocycles. The fourth-order valence-electron chi connectivity index (χ4n) is 1.32. The normalized spacial score (nSPS) is 20.8. The lowest BCUT2D eigenvalue weighted by Crippen LogP contribution is -2.33. The van der Waals surface area contributed by atoms with Crippen LogP contribution in [0, 0.1) is 0 Å². The van der Waals surface area contributed by atoms with Crippen LogP contribution in [-0.4, -0.2) is 42.6 Å². The summed E-state index contributed by atoms with van der Waals surface area (Å²) in [6.45, 7) is 4.81. The summed E-state index contributed by atoms with van der Waals surface area (Å²) >= 11 is 0. The van der Waals surface area contributed by atoms with Gasteiger partial charge in [0, 0.05) is 13.5 Å². The summed E-state index contributed by atoms with van der Waals surface area (Å²) in [5.74, 6) is -0.113. The summed E-state index contributed by atoms with van der Waals surface area (Å²) in [6.07, 6.45) is 3.23. The maximum absolute atomic E-state index is 11.3. The van der Waals surface area contributed by atoms with E-state index in [4.69, 9.17) is 4.74 Å². The number of carbonyl (C=O) groups excluding carboxylic acids is 2. The molecule has 2 amide bonds. The van der Waals surface area contributed by atoms with E-state index in [9.17, 15) is 9.59 Å². The molecule has 0 bridgehead atoms. The zero-order valence-corrected chi connectivity index (χ0v) is 9.03. The minimum absolute atomic E-state index is 0.113. The third kappa shape index (κ3) is 3.61. The summed E-state index contributed by atoms with van der Waals surface area (Å²) in [5.41, 5.74) is 0. The van der Waals surface area contributed by atoms with Gasteiger partial charge in [0.05, 0.1) is 13.1 Å². The monoisotopic (exact) mass is 212 g/mol. The average Bonchev–Trinajstić information content (AvgIpc) is 2.53. The topological polar surface area (TPSA) is 58.6 Å². The highest BCUT2D eigenvalue weighted by Crippen LogP contribution is 2.10. The number of rotatable bonds is 4. The van der Waals surface area contributed by atoms with Gasteiger partial charge in [-0.15, -0.1) is 0 Å². The van der Waals surface area contributed by atoms with Gasteiger partial charge in [-0.25, -0.2) is 4.79 Å². The van der Waals surface area contributed by atoms with E-state index in [1.807, 2.05) is 19.1 Å². The van der Waals surface area contributed by atoms with Gasteiger partial charge in [0.1, 0.15) is 6.10 Å². The molecule has 1 heterocycles. The van der Waals surface area contributed by atoms with Crippen LogP contribution in [0.3, 0.4) is 0 Å². The van der Waals surface area contributed by atoms with Crippen molar-refractivity contribution in [2.75, 3.05) is 19.6 Å². The molecule has 0 radical (unpaired) electrons. The van der Waals surface area contributed by atoms with Crippen LogP contribution in [-0.2, 0) is 9.53 Å². The van der Waals surface area contributed by atoms with E-state index in [-0.39, 0.29) is 18.1 Å². The van der Waals surface area contributed by atoms with Gasteiger partial charge in [0.15, 0.2) is 0 Å². The largest absolute Gasteiger partial charge is 0.442 e. The summed E-state index contributed by atoms with van der Waals surface area (Å²) < 4.78 is 5.06. The quantitative estimate of drug-likeness (QED) is 0.691. The first-order valence-electron chi connectivity index (χ1n) is 4.94. The fraction of sp³-hybridized carbons (Fsp3) is 0.600. The molecule has 1 atom stereocenters. The number of hydrogen-bond donors (Lipinski definition) is 1. The van der Waals surface area contributed by atoms with Crippen LogP contribution in [0.2, 0.25) is 0 Å². The molecule has 1 aliphatic rings. The maximum atomic E-state index is 11.3. The molecule has 0 aliphatic carbocycles. The van der Waals surface area contributed by atoms with Gasteiger partial charge in [0.25, 0.3) is 0 Å². The van der Waals surface area contributed by atoms with Crippen molar-refractivity contribution in [2.24, 2.45) is 0 Å². The SMILES string of the molecule is C/C=C\CN1CC(CNC(C)=O)OC1=O. The molecule has 5 nitrogen and oxygen atoms in total. The van der Waals surface area contributed by atoms with Gasteiger partial charge in [0.2, 0.25) is 5.91 Å². The molecule has 1 N–H and O–H groups in total. The number of amides is 2. The summed E-state index contributed by atoms with van der Waals surface area (Å²) in [6, 6.07) is 0. The molecule has 1 unspecified atom stereocenters. The van der Waals surface area contributed by atoms with Crippen LogP contribution in [0.1, 0.15) is 13.8 Å². The number of carbonyl (C=O) groups is 2. The van der Waals surface area contributed by atoms with Crippen LogP contribution >= 0.6 is 0 Å². The second-order valence-corrected chi connectivity index (χ2v) is 3.42. The zero-order chi connectivity index (χ0) is 11.3. The number of ether oxygens (including phenoxy) is 1. The molecular weight excluding hydrogens is 196 g/mol. The Bertz CT molecular complexity index is 276. The van der Waals surface area contributed by atoms with E-state index in [0.717, 1.165) is 0 Å². The predicted octanol–water partition coefficient (Wildman–Crippen LogP) is 0.519. The molecule has 0 saturated carbocycles. The first-order valence-corrected chi connectivity index (χ1v) is 4.94. The minimum atomic E-state index is -0.316. The van der Waals surface area contributed by atoms with Gasteiger partial charge >= 0.3 is 6.09 Å². The summed E-state index contributed by atoms with van der Waals surface area (Å²) in [4.78, 5) is 23.6. The third-order valence-corrected chi connectivity index (χ3v) is 2.09. The van der Waals surface area contributed by atoms with Gasteiger partial charge in [-0.05, 0) is 6.92 Å². The van der Waals surface area contributed by atoms with E-state index in [2.05, 4.69) is 5.32 Å². The Hall–Kier alpha value is -1.52. The van der Waals surface area contributed by atoms with E-state index in [1.165, 1.54) is 6.92 Å². The lowest BCUT2D eigenvalue weighted by Gasteiger charge is -2.09. The summed E-state index contributed by atoms with van der Waals surface area (Å²) in [5, 5.41) is 2.62. The third-order valence-electron chi connectivity index (χ3n) is 2.09. The van der Waals surface area contributed by atoms with Gasteiger partial charge in [-0.1, -0.05) is 12.2 Å². The van der Waals surface area contributed by atoms with Crippen molar-refractivity contribution in [2.45, 2.75) is 20.0 Å².